The molecule has 1 aromatic carbocycles. The molecule has 0 aromatic heterocycles. The normalized spacial score (nSPS) is 12.0. The zero-order valence-corrected chi connectivity index (χ0v) is 10.4. The van der Waals surface area contributed by atoms with Crippen LogP contribution >= 0.6 is 0 Å². The largest absolute Gasteiger partial charge is 0.508 e. The van der Waals surface area contributed by atoms with Gasteiger partial charge in [-0.3, -0.25) is 9.59 Å². The van der Waals surface area contributed by atoms with E-state index >= 15 is 0 Å². The fraction of sp³-hybridized carbons (Fsp3) is 0.154. The first-order chi connectivity index (χ1) is 9.38. The summed E-state index contributed by atoms with van der Waals surface area (Å²) in [6.45, 7) is 0. The van der Waals surface area contributed by atoms with Crippen molar-refractivity contribution in [2.75, 3.05) is 0 Å². The number of aromatic hydroxyl groups is 1. The SMILES string of the molecule is NC(=O)C[C@@H](NC(=O)/C=C/c1ccc(O)cc1)C(=O)O. The fourth-order valence-electron chi connectivity index (χ4n) is 1.38. The third-order valence-corrected chi connectivity index (χ3v) is 2.34. The van der Waals surface area contributed by atoms with E-state index in [9.17, 15) is 14.4 Å². The molecule has 0 unspecified atom stereocenters. The van der Waals surface area contributed by atoms with E-state index in [4.69, 9.17) is 15.9 Å². The van der Waals surface area contributed by atoms with Crippen LogP contribution in [-0.4, -0.2) is 34.0 Å². The average Bonchev–Trinajstić information content (AvgIpc) is 2.36. The number of carboxylic acid groups (broad SMARTS) is 1. The summed E-state index contributed by atoms with van der Waals surface area (Å²) < 4.78 is 0. The Hall–Kier alpha value is -2.83. The van der Waals surface area contributed by atoms with E-state index in [0.717, 1.165) is 6.08 Å². The molecule has 0 fully saturated rings. The Morgan fingerprint density at radius 1 is 1.25 bits per heavy atom. The summed E-state index contributed by atoms with van der Waals surface area (Å²) in [6, 6.07) is 4.70. The van der Waals surface area contributed by atoms with E-state index in [1.165, 1.54) is 18.2 Å². The maximum absolute atomic E-state index is 11.5. The third kappa shape index (κ3) is 5.21. The summed E-state index contributed by atoms with van der Waals surface area (Å²) in [7, 11) is 0. The van der Waals surface area contributed by atoms with Crippen LogP contribution in [0, 0.1) is 0 Å². The van der Waals surface area contributed by atoms with Crippen LogP contribution in [0.15, 0.2) is 30.3 Å². The van der Waals surface area contributed by atoms with Crippen molar-refractivity contribution < 1.29 is 24.6 Å². The van der Waals surface area contributed by atoms with Gasteiger partial charge in [-0.25, -0.2) is 4.79 Å². The minimum atomic E-state index is -1.36. The van der Waals surface area contributed by atoms with E-state index in [2.05, 4.69) is 5.32 Å². The molecule has 1 atom stereocenters. The molecule has 7 nitrogen and oxygen atoms in total. The number of primary amides is 1. The number of carboxylic acids is 1. The quantitative estimate of drug-likeness (QED) is 0.538. The van der Waals surface area contributed by atoms with Gasteiger partial charge in [0.25, 0.3) is 0 Å². The monoisotopic (exact) mass is 278 g/mol. The average molecular weight is 278 g/mol. The van der Waals surface area contributed by atoms with Crippen LogP contribution in [0.4, 0.5) is 0 Å². The lowest BCUT2D eigenvalue weighted by Crippen LogP contribution is -2.42. The number of phenolic OH excluding ortho intramolecular Hbond substituents is 1. The third-order valence-electron chi connectivity index (χ3n) is 2.34. The number of amides is 2. The van der Waals surface area contributed by atoms with Gasteiger partial charge in [-0.1, -0.05) is 12.1 Å². The molecule has 0 heterocycles. The molecular weight excluding hydrogens is 264 g/mol. The molecular formula is C13H14N2O5. The van der Waals surface area contributed by atoms with E-state index in [1.807, 2.05) is 0 Å². The summed E-state index contributed by atoms with van der Waals surface area (Å²) in [5, 5.41) is 20.1. The zero-order chi connectivity index (χ0) is 15.1. The van der Waals surface area contributed by atoms with Gasteiger partial charge >= 0.3 is 5.97 Å². The lowest BCUT2D eigenvalue weighted by Gasteiger charge is -2.10. The van der Waals surface area contributed by atoms with Gasteiger partial charge in [-0.05, 0) is 23.8 Å². The van der Waals surface area contributed by atoms with Crippen LogP contribution < -0.4 is 11.1 Å². The van der Waals surface area contributed by atoms with Gasteiger partial charge in [-0.15, -0.1) is 0 Å². The summed E-state index contributed by atoms with van der Waals surface area (Å²) >= 11 is 0. The van der Waals surface area contributed by atoms with Crippen LogP contribution in [0.5, 0.6) is 5.75 Å². The van der Waals surface area contributed by atoms with Crippen molar-refractivity contribution in [3.8, 4) is 5.75 Å². The number of hydrogen-bond acceptors (Lipinski definition) is 4. The van der Waals surface area contributed by atoms with E-state index < -0.39 is 30.2 Å². The molecule has 1 aromatic rings. The van der Waals surface area contributed by atoms with Crippen LogP contribution in [0.3, 0.4) is 0 Å². The van der Waals surface area contributed by atoms with Gasteiger partial charge in [0.1, 0.15) is 11.8 Å². The molecule has 0 saturated heterocycles. The number of benzene rings is 1. The molecule has 0 saturated carbocycles. The molecule has 0 bridgehead atoms. The molecule has 7 heteroatoms. The van der Waals surface area contributed by atoms with Crippen molar-refractivity contribution >= 4 is 23.9 Å². The zero-order valence-electron chi connectivity index (χ0n) is 10.4. The van der Waals surface area contributed by atoms with Gasteiger partial charge in [0, 0.05) is 6.08 Å². The minimum absolute atomic E-state index is 0.0963. The fourth-order valence-corrected chi connectivity index (χ4v) is 1.38. The molecule has 0 aliphatic heterocycles. The highest BCUT2D eigenvalue weighted by molar-refractivity contribution is 5.95. The highest BCUT2D eigenvalue weighted by Crippen LogP contribution is 2.10. The van der Waals surface area contributed by atoms with Crippen molar-refractivity contribution in [3.63, 3.8) is 0 Å². The number of nitrogens with two attached hydrogens (primary N) is 1. The molecule has 2 amide bonds. The predicted octanol–water partition coefficient (Wildman–Crippen LogP) is -0.150. The summed E-state index contributed by atoms with van der Waals surface area (Å²) in [5.41, 5.74) is 5.54. The van der Waals surface area contributed by atoms with E-state index in [0.29, 0.717) is 5.56 Å². The molecule has 0 spiro atoms. The Balaban J connectivity index is 2.63. The van der Waals surface area contributed by atoms with Crippen molar-refractivity contribution in [2.45, 2.75) is 12.5 Å². The molecule has 0 aliphatic carbocycles. The van der Waals surface area contributed by atoms with Gasteiger partial charge in [0.2, 0.25) is 11.8 Å². The maximum Gasteiger partial charge on any atom is 0.326 e. The van der Waals surface area contributed by atoms with Crippen molar-refractivity contribution in [1.29, 1.82) is 0 Å². The summed E-state index contributed by atoms with van der Waals surface area (Å²) in [6.07, 6.45) is 2.09. The minimum Gasteiger partial charge on any atom is -0.508 e. The van der Waals surface area contributed by atoms with Gasteiger partial charge < -0.3 is 21.3 Å². The number of rotatable bonds is 6. The Labute approximate surface area is 114 Å². The van der Waals surface area contributed by atoms with Gasteiger partial charge in [0.15, 0.2) is 0 Å². The molecule has 1 rings (SSSR count). The molecule has 20 heavy (non-hydrogen) atoms. The first-order valence-electron chi connectivity index (χ1n) is 5.67. The standard InChI is InChI=1S/C13H14N2O5/c14-11(17)7-10(13(19)20)15-12(18)6-3-8-1-4-9(16)5-2-8/h1-6,10,16H,7H2,(H2,14,17)(H,15,18)(H,19,20)/b6-3+/t10-/m1/s1. The predicted molar refractivity (Wildman–Crippen MR) is 70.5 cm³/mol. The Bertz CT molecular complexity index is 536. The second kappa shape index (κ2) is 6.93. The number of hydrogen-bond donors (Lipinski definition) is 4. The highest BCUT2D eigenvalue weighted by Gasteiger charge is 2.20. The maximum atomic E-state index is 11.5. The second-order valence-corrected chi connectivity index (χ2v) is 3.99. The Morgan fingerprint density at radius 2 is 1.85 bits per heavy atom. The molecule has 5 N–H and O–H groups in total. The number of aliphatic carboxylic acids is 1. The topological polar surface area (TPSA) is 130 Å². The highest BCUT2D eigenvalue weighted by atomic mass is 16.4. The van der Waals surface area contributed by atoms with Gasteiger partial charge in [0.05, 0.1) is 6.42 Å². The molecule has 0 radical (unpaired) electrons. The Morgan fingerprint density at radius 3 is 2.35 bits per heavy atom. The number of nitrogens with one attached hydrogen (secondary N) is 1. The number of phenols is 1. The van der Waals surface area contributed by atoms with Crippen LogP contribution in [0.1, 0.15) is 12.0 Å². The van der Waals surface area contributed by atoms with Crippen LogP contribution in [-0.2, 0) is 14.4 Å². The molecule has 0 aliphatic rings. The summed E-state index contributed by atoms with van der Waals surface area (Å²) in [4.78, 5) is 33.0. The van der Waals surface area contributed by atoms with Crippen molar-refractivity contribution in [1.82, 2.24) is 5.32 Å². The van der Waals surface area contributed by atoms with Crippen LogP contribution in [0.25, 0.3) is 6.08 Å². The second-order valence-electron chi connectivity index (χ2n) is 3.99. The van der Waals surface area contributed by atoms with Gasteiger partial charge in [-0.2, -0.15) is 0 Å². The van der Waals surface area contributed by atoms with Crippen molar-refractivity contribution in [3.05, 3.63) is 35.9 Å². The first-order valence-corrected chi connectivity index (χ1v) is 5.67. The number of carbonyl (C=O) groups excluding carboxylic acids is 2. The Kier molecular flexibility index (Phi) is 5.28. The number of carbonyl (C=O) groups is 3. The van der Waals surface area contributed by atoms with E-state index in [1.54, 1.807) is 12.1 Å². The molecule has 106 valence electrons. The van der Waals surface area contributed by atoms with Crippen LogP contribution in [0.2, 0.25) is 0 Å². The summed E-state index contributed by atoms with van der Waals surface area (Å²) in [5.74, 6) is -2.72. The first kappa shape index (κ1) is 15.2. The lowest BCUT2D eigenvalue weighted by molar-refractivity contribution is -0.142. The van der Waals surface area contributed by atoms with E-state index in [-0.39, 0.29) is 5.75 Å². The smallest absolute Gasteiger partial charge is 0.326 e. The lowest BCUT2D eigenvalue weighted by atomic mass is 10.2. The van der Waals surface area contributed by atoms with Crippen molar-refractivity contribution in [2.24, 2.45) is 5.73 Å².